The third kappa shape index (κ3) is 3.15. The predicted molar refractivity (Wildman–Crippen MR) is 88.7 cm³/mol. The summed E-state index contributed by atoms with van der Waals surface area (Å²) in [5.41, 5.74) is -0.527. The van der Waals surface area contributed by atoms with E-state index in [0.29, 0.717) is 11.7 Å². The summed E-state index contributed by atoms with van der Waals surface area (Å²) in [7, 11) is 1.53. The van der Waals surface area contributed by atoms with Crippen LogP contribution in [-0.4, -0.2) is 33.0 Å². The topological polar surface area (TPSA) is 92.1 Å². The smallest absolute Gasteiger partial charge is 0.259 e. The van der Waals surface area contributed by atoms with E-state index in [-0.39, 0.29) is 28.9 Å². The van der Waals surface area contributed by atoms with Crippen LogP contribution in [-0.2, 0) is 6.54 Å². The molecule has 1 aromatic carbocycles. The second-order valence-electron chi connectivity index (χ2n) is 6.06. The molecule has 0 aliphatic heterocycles. The van der Waals surface area contributed by atoms with Crippen molar-refractivity contribution >= 4 is 16.8 Å². The van der Waals surface area contributed by atoms with Crippen molar-refractivity contribution in [1.82, 2.24) is 20.0 Å². The lowest BCUT2D eigenvalue weighted by Gasteiger charge is -2.14. The normalized spacial score (nSPS) is 11.2. The fourth-order valence-electron chi connectivity index (χ4n) is 2.43. The minimum absolute atomic E-state index is 0.0754. The second kappa shape index (κ2) is 6.46. The number of pyridine rings is 1. The van der Waals surface area contributed by atoms with Crippen LogP contribution >= 0.6 is 0 Å². The van der Waals surface area contributed by atoms with E-state index in [1.807, 2.05) is 13.8 Å². The summed E-state index contributed by atoms with van der Waals surface area (Å²) in [5.74, 6) is -0.142. The average Bonchev–Trinajstić information content (AvgIpc) is 3.04. The Hall–Kier alpha value is -3.03. The zero-order chi connectivity index (χ0) is 18.1. The Bertz CT molecular complexity index is 993. The van der Waals surface area contributed by atoms with E-state index in [9.17, 15) is 14.0 Å². The molecular formula is C17H17FN4O3. The molecule has 0 fully saturated rings. The van der Waals surface area contributed by atoms with Crippen molar-refractivity contribution in [3.8, 4) is 0 Å². The molecule has 0 radical (unpaired) electrons. The molecule has 1 amide bonds. The second-order valence-corrected chi connectivity index (χ2v) is 6.06. The number of aromatic amines is 1. The van der Waals surface area contributed by atoms with Crippen molar-refractivity contribution in [3.63, 3.8) is 0 Å². The molecule has 25 heavy (non-hydrogen) atoms. The Kier molecular flexibility index (Phi) is 4.35. The van der Waals surface area contributed by atoms with Gasteiger partial charge in [-0.1, -0.05) is 25.1 Å². The molecule has 130 valence electrons. The van der Waals surface area contributed by atoms with Crippen LogP contribution in [0.5, 0.6) is 0 Å². The number of nitrogens with one attached hydrogen (secondary N) is 1. The first-order valence-corrected chi connectivity index (χ1v) is 7.76. The zero-order valence-electron chi connectivity index (χ0n) is 14.0. The molecule has 2 heterocycles. The fourth-order valence-corrected chi connectivity index (χ4v) is 2.43. The molecule has 8 heteroatoms. The highest BCUT2D eigenvalue weighted by Gasteiger charge is 2.20. The number of amides is 1. The molecule has 0 saturated heterocycles. The van der Waals surface area contributed by atoms with Gasteiger partial charge in [0.1, 0.15) is 11.4 Å². The maximum atomic E-state index is 13.7. The molecule has 0 saturated carbocycles. The number of fused-ring (bicyclic) bond motifs is 1. The van der Waals surface area contributed by atoms with Gasteiger partial charge in [0.2, 0.25) is 11.3 Å². The van der Waals surface area contributed by atoms with Gasteiger partial charge < -0.3 is 14.4 Å². The van der Waals surface area contributed by atoms with Crippen molar-refractivity contribution < 1.29 is 13.7 Å². The lowest BCUT2D eigenvalue weighted by molar-refractivity contribution is 0.0779. The number of carbonyl (C=O) groups is 1. The Morgan fingerprint density at radius 2 is 2.16 bits per heavy atom. The van der Waals surface area contributed by atoms with Gasteiger partial charge in [0.15, 0.2) is 5.82 Å². The highest BCUT2D eigenvalue weighted by molar-refractivity contribution is 5.97. The summed E-state index contributed by atoms with van der Waals surface area (Å²) in [4.78, 5) is 33.2. The van der Waals surface area contributed by atoms with Crippen LogP contribution in [0.4, 0.5) is 4.39 Å². The monoisotopic (exact) mass is 344 g/mol. The first kappa shape index (κ1) is 16.8. The lowest BCUT2D eigenvalue weighted by Crippen LogP contribution is -2.31. The Balaban J connectivity index is 1.88. The highest BCUT2D eigenvalue weighted by Crippen LogP contribution is 2.14. The molecule has 1 N–H and O–H groups in total. The fraction of sp³-hybridized carbons (Fsp3) is 0.294. The van der Waals surface area contributed by atoms with E-state index in [1.165, 1.54) is 36.3 Å². The van der Waals surface area contributed by atoms with E-state index >= 15 is 0 Å². The molecule has 0 atom stereocenters. The third-order valence-corrected chi connectivity index (χ3v) is 3.80. The van der Waals surface area contributed by atoms with Crippen LogP contribution in [0.2, 0.25) is 0 Å². The van der Waals surface area contributed by atoms with Gasteiger partial charge in [0.05, 0.1) is 12.1 Å². The van der Waals surface area contributed by atoms with Crippen LogP contribution < -0.4 is 5.43 Å². The largest absolute Gasteiger partial charge is 0.358 e. The maximum absolute atomic E-state index is 13.7. The molecule has 0 unspecified atom stereocenters. The number of hydrogen-bond donors (Lipinski definition) is 1. The first-order valence-electron chi connectivity index (χ1n) is 7.76. The van der Waals surface area contributed by atoms with Gasteiger partial charge in [-0.2, -0.15) is 4.98 Å². The molecule has 0 aliphatic carbocycles. The van der Waals surface area contributed by atoms with Gasteiger partial charge in [-0.3, -0.25) is 9.59 Å². The van der Waals surface area contributed by atoms with Gasteiger partial charge in [0, 0.05) is 24.5 Å². The number of nitrogens with zero attached hydrogens (tertiary/aromatic N) is 3. The summed E-state index contributed by atoms with van der Waals surface area (Å²) in [5, 5.41) is 3.95. The molecule has 0 aliphatic rings. The van der Waals surface area contributed by atoms with E-state index in [1.54, 1.807) is 0 Å². The van der Waals surface area contributed by atoms with Crippen molar-refractivity contribution in [3.05, 3.63) is 57.7 Å². The minimum Gasteiger partial charge on any atom is -0.358 e. The van der Waals surface area contributed by atoms with E-state index < -0.39 is 17.2 Å². The van der Waals surface area contributed by atoms with Crippen LogP contribution in [0.25, 0.3) is 10.9 Å². The van der Waals surface area contributed by atoms with Gasteiger partial charge in [0.25, 0.3) is 5.91 Å². The number of para-hydroxylation sites is 1. The summed E-state index contributed by atoms with van der Waals surface area (Å²) in [6.07, 6.45) is 1.22. The van der Waals surface area contributed by atoms with Crippen LogP contribution in [0.15, 0.2) is 33.7 Å². The Labute approximate surface area is 142 Å². The summed E-state index contributed by atoms with van der Waals surface area (Å²) < 4.78 is 18.8. The van der Waals surface area contributed by atoms with Crippen molar-refractivity contribution in [2.45, 2.75) is 26.3 Å². The standard InChI is InChI=1S/C17H17FN4O3/c1-9(2)16-20-13(21-25-16)8-22(3)17(24)11-7-19-14-10(15(11)23)5-4-6-12(14)18/h4-7,9H,8H2,1-3H3,(H,19,23). The Morgan fingerprint density at radius 1 is 1.40 bits per heavy atom. The molecule has 7 nitrogen and oxygen atoms in total. The minimum atomic E-state index is -0.546. The lowest BCUT2D eigenvalue weighted by atomic mass is 10.1. The number of benzene rings is 1. The highest BCUT2D eigenvalue weighted by atomic mass is 19.1. The van der Waals surface area contributed by atoms with Crippen LogP contribution in [0.3, 0.4) is 0 Å². The SMILES string of the molecule is CC(C)c1nc(CN(C)C(=O)c2c[nH]c3c(F)cccc3c2=O)no1. The number of rotatable bonds is 4. The first-order chi connectivity index (χ1) is 11.9. The van der Waals surface area contributed by atoms with Crippen LogP contribution in [0, 0.1) is 5.82 Å². The van der Waals surface area contributed by atoms with Gasteiger partial charge >= 0.3 is 0 Å². The van der Waals surface area contributed by atoms with E-state index in [4.69, 9.17) is 4.52 Å². The van der Waals surface area contributed by atoms with E-state index in [2.05, 4.69) is 15.1 Å². The zero-order valence-corrected chi connectivity index (χ0v) is 14.0. The van der Waals surface area contributed by atoms with Gasteiger partial charge in [-0.15, -0.1) is 0 Å². The predicted octanol–water partition coefficient (Wildman–Crippen LogP) is 2.45. The molecule has 0 spiro atoms. The number of aromatic nitrogens is 3. The quantitative estimate of drug-likeness (QED) is 0.785. The number of carbonyl (C=O) groups excluding carboxylic acids is 1. The molecule has 0 bridgehead atoms. The van der Waals surface area contributed by atoms with Crippen molar-refractivity contribution in [2.75, 3.05) is 7.05 Å². The average molecular weight is 344 g/mol. The van der Waals surface area contributed by atoms with Crippen LogP contribution in [0.1, 0.15) is 41.8 Å². The summed E-state index contributed by atoms with van der Waals surface area (Å²) >= 11 is 0. The maximum Gasteiger partial charge on any atom is 0.259 e. The summed E-state index contributed by atoms with van der Waals surface area (Å²) in [6, 6.07) is 4.15. The molecular weight excluding hydrogens is 327 g/mol. The number of halogens is 1. The third-order valence-electron chi connectivity index (χ3n) is 3.80. The van der Waals surface area contributed by atoms with Crippen molar-refractivity contribution in [2.24, 2.45) is 0 Å². The van der Waals surface area contributed by atoms with Crippen molar-refractivity contribution in [1.29, 1.82) is 0 Å². The van der Waals surface area contributed by atoms with E-state index in [0.717, 1.165) is 0 Å². The molecule has 2 aromatic heterocycles. The summed E-state index contributed by atoms with van der Waals surface area (Å²) in [6.45, 7) is 3.93. The van der Waals surface area contributed by atoms with Gasteiger partial charge in [-0.25, -0.2) is 4.39 Å². The number of hydrogen-bond acceptors (Lipinski definition) is 5. The Morgan fingerprint density at radius 3 is 2.84 bits per heavy atom. The van der Waals surface area contributed by atoms with Gasteiger partial charge in [-0.05, 0) is 12.1 Å². The molecule has 3 rings (SSSR count). The molecule has 3 aromatic rings. The number of H-pyrrole nitrogens is 1.